The number of nitrogens with one attached hydrogen (secondary N) is 3. The van der Waals surface area contributed by atoms with E-state index >= 15 is 0 Å². The maximum atomic E-state index is 12.7. The van der Waals surface area contributed by atoms with E-state index in [9.17, 15) is 4.79 Å². The molecule has 4 aromatic rings. The highest BCUT2D eigenvalue weighted by atomic mass is 35.5. The van der Waals surface area contributed by atoms with Gasteiger partial charge >= 0.3 is 6.03 Å². The van der Waals surface area contributed by atoms with Crippen LogP contribution in [-0.4, -0.2) is 35.9 Å². The first kappa shape index (κ1) is 26.2. The molecule has 4 rings (SSSR count). The van der Waals surface area contributed by atoms with Crippen molar-refractivity contribution in [3.05, 3.63) is 84.1 Å². The molecule has 1 heterocycles. The summed E-state index contributed by atoms with van der Waals surface area (Å²) >= 11 is 11.8. The van der Waals surface area contributed by atoms with E-state index in [0.29, 0.717) is 36.2 Å². The van der Waals surface area contributed by atoms with Crippen LogP contribution in [0.5, 0.6) is 0 Å². The van der Waals surface area contributed by atoms with Crippen molar-refractivity contribution in [2.75, 3.05) is 45.7 Å². The Morgan fingerprint density at radius 3 is 2.32 bits per heavy atom. The van der Waals surface area contributed by atoms with Crippen LogP contribution in [-0.2, 0) is 0 Å². The molecule has 0 bridgehead atoms. The van der Waals surface area contributed by atoms with Gasteiger partial charge in [0.1, 0.15) is 0 Å². The molecule has 0 radical (unpaired) electrons. The van der Waals surface area contributed by atoms with Gasteiger partial charge in [-0.1, -0.05) is 12.0 Å². The lowest BCUT2D eigenvalue weighted by atomic mass is 10.1. The number of anilines is 5. The van der Waals surface area contributed by atoms with Crippen molar-refractivity contribution in [3.63, 3.8) is 0 Å². The lowest BCUT2D eigenvalue weighted by Gasteiger charge is -2.23. The molecule has 188 valence electrons. The summed E-state index contributed by atoms with van der Waals surface area (Å²) in [5.74, 6) is 3.67. The Hall–Kier alpha value is -3.92. The van der Waals surface area contributed by atoms with E-state index in [1.807, 2.05) is 79.7 Å². The molecular weight excluding hydrogens is 505 g/mol. The summed E-state index contributed by atoms with van der Waals surface area (Å²) in [6, 6.07) is 22.5. The molecule has 2 amide bonds. The van der Waals surface area contributed by atoms with E-state index in [2.05, 4.69) is 31.8 Å². The van der Waals surface area contributed by atoms with Crippen LogP contribution in [0.25, 0.3) is 10.9 Å². The summed E-state index contributed by atoms with van der Waals surface area (Å²) < 4.78 is 0. The van der Waals surface area contributed by atoms with Crippen LogP contribution < -0.4 is 20.9 Å². The summed E-state index contributed by atoms with van der Waals surface area (Å²) in [5.41, 5.74) is 6.54. The molecule has 0 unspecified atom stereocenters. The predicted octanol–water partition coefficient (Wildman–Crippen LogP) is 7.20. The van der Waals surface area contributed by atoms with Crippen LogP contribution in [0.3, 0.4) is 0 Å². The first-order valence-electron chi connectivity index (χ1n) is 11.8. The first-order chi connectivity index (χ1) is 18.0. The summed E-state index contributed by atoms with van der Waals surface area (Å²) in [4.78, 5) is 19.5. The van der Waals surface area contributed by atoms with E-state index in [-0.39, 0.29) is 6.03 Å². The maximum absolute atomic E-state index is 12.7. The Kier molecular flexibility index (Phi) is 8.73. The van der Waals surface area contributed by atoms with Crippen molar-refractivity contribution in [1.82, 2.24) is 4.98 Å². The molecule has 1 aromatic heterocycles. The number of hydrogen-bond donors (Lipinski definition) is 3. The number of fused-ring (bicyclic) bond motifs is 1. The zero-order valence-electron chi connectivity index (χ0n) is 20.4. The van der Waals surface area contributed by atoms with E-state index in [4.69, 9.17) is 29.6 Å². The smallest absolute Gasteiger partial charge is 0.323 e. The van der Waals surface area contributed by atoms with Crippen LogP contribution >= 0.6 is 23.2 Å². The largest absolute Gasteiger partial charge is 0.369 e. The number of carbonyl (C=O) groups is 1. The van der Waals surface area contributed by atoms with Crippen LogP contribution in [0.15, 0.2) is 72.8 Å². The van der Waals surface area contributed by atoms with E-state index in [0.717, 1.165) is 39.2 Å². The quantitative estimate of drug-likeness (QED) is 0.158. The van der Waals surface area contributed by atoms with Gasteiger partial charge in [-0.05, 0) is 73.7 Å². The van der Waals surface area contributed by atoms with Crippen molar-refractivity contribution in [2.45, 2.75) is 6.92 Å². The molecule has 0 atom stereocenters. The summed E-state index contributed by atoms with van der Waals surface area (Å²) in [6.45, 7) is 3.34. The number of nitrogens with zero attached hydrogens (tertiary/aromatic N) is 2. The van der Waals surface area contributed by atoms with Crippen molar-refractivity contribution >= 4 is 68.6 Å². The van der Waals surface area contributed by atoms with Gasteiger partial charge in [-0.3, -0.25) is 4.98 Å². The minimum atomic E-state index is -0.346. The third-order valence-corrected chi connectivity index (χ3v) is 6.04. The van der Waals surface area contributed by atoms with Gasteiger partial charge < -0.3 is 20.9 Å². The second-order valence-electron chi connectivity index (χ2n) is 8.38. The lowest BCUT2D eigenvalue weighted by Crippen LogP contribution is -2.27. The molecule has 6 nitrogen and oxygen atoms in total. The van der Waals surface area contributed by atoms with Crippen LogP contribution in [0.2, 0.25) is 0 Å². The number of amides is 2. The number of aryl methyl sites for hydroxylation is 1. The zero-order valence-corrected chi connectivity index (χ0v) is 21.9. The number of urea groups is 1. The van der Waals surface area contributed by atoms with Crippen LogP contribution in [0.4, 0.5) is 33.2 Å². The van der Waals surface area contributed by atoms with Gasteiger partial charge in [-0.25, -0.2) is 4.79 Å². The van der Waals surface area contributed by atoms with Gasteiger partial charge in [-0.2, -0.15) is 0 Å². The van der Waals surface area contributed by atoms with Gasteiger partial charge in [0.15, 0.2) is 0 Å². The highest BCUT2D eigenvalue weighted by Gasteiger charge is 2.10. The lowest BCUT2D eigenvalue weighted by molar-refractivity contribution is 0.262. The highest BCUT2D eigenvalue weighted by Crippen LogP contribution is 2.29. The van der Waals surface area contributed by atoms with E-state index in [1.165, 1.54) is 0 Å². The molecule has 0 saturated carbocycles. The Labute approximate surface area is 227 Å². The Balaban J connectivity index is 1.49. The molecule has 3 aromatic carbocycles. The SMILES string of the molecule is C#Cc1cccc(Nc2cc(C)nc3ccc(NC(=O)Nc4ccc(N(CCCl)CCCl)cc4)cc23)c1. The Bertz CT molecular complexity index is 1430. The van der Waals surface area contributed by atoms with Gasteiger partial charge in [-0.15, -0.1) is 29.6 Å². The van der Waals surface area contributed by atoms with Gasteiger partial charge in [0.05, 0.1) is 5.52 Å². The molecule has 37 heavy (non-hydrogen) atoms. The second-order valence-corrected chi connectivity index (χ2v) is 9.14. The van der Waals surface area contributed by atoms with Crippen molar-refractivity contribution in [1.29, 1.82) is 0 Å². The van der Waals surface area contributed by atoms with Crippen molar-refractivity contribution < 1.29 is 4.79 Å². The minimum absolute atomic E-state index is 0.346. The fraction of sp³-hybridized carbons (Fsp3) is 0.172. The first-order valence-corrected chi connectivity index (χ1v) is 12.9. The monoisotopic (exact) mass is 531 g/mol. The number of halogens is 2. The van der Waals surface area contributed by atoms with E-state index in [1.54, 1.807) is 0 Å². The fourth-order valence-electron chi connectivity index (χ4n) is 4.00. The number of benzene rings is 3. The molecule has 8 heteroatoms. The highest BCUT2D eigenvalue weighted by molar-refractivity contribution is 6.18. The summed E-state index contributed by atoms with van der Waals surface area (Å²) in [6.07, 6.45) is 5.55. The number of pyridine rings is 1. The summed E-state index contributed by atoms with van der Waals surface area (Å²) in [5, 5.41) is 10.1. The topological polar surface area (TPSA) is 69.3 Å². The number of rotatable bonds is 9. The average Bonchev–Trinajstić information content (AvgIpc) is 2.89. The molecule has 0 aliphatic rings. The molecular formula is C29H27Cl2N5O. The van der Waals surface area contributed by atoms with E-state index < -0.39 is 0 Å². The van der Waals surface area contributed by atoms with Crippen LogP contribution in [0.1, 0.15) is 11.3 Å². The molecule has 0 aliphatic heterocycles. The standard InChI is InChI=1S/C29H27Cl2N5O/c1-3-21-5-4-6-23(18-21)33-28-17-20(2)32-27-12-9-24(19-26(27)28)35-29(37)34-22-7-10-25(11-8-22)36(15-13-30)16-14-31/h1,4-12,17-19H,13-16H2,2H3,(H,32,33)(H2,34,35,37). The molecule has 0 spiro atoms. The van der Waals surface area contributed by atoms with Gasteiger partial charge in [0.25, 0.3) is 0 Å². The molecule has 0 fully saturated rings. The zero-order chi connectivity index (χ0) is 26.2. The minimum Gasteiger partial charge on any atom is -0.369 e. The molecule has 3 N–H and O–H groups in total. The third kappa shape index (κ3) is 6.85. The number of terminal acetylenes is 1. The number of alkyl halides is 2. The third-order valence-electron chi connectivity index (χ3n) is 5.70. The second kappa shape index (κ2) is 12.4. The van der Waals surface area contributed by atoms with Crippen molar-refractivity contribution in [3.8, 4) is 12.3 Å². The van der Waals surface area contributed by atoms with Crippen LogP contribution in [0, 0.1) is 19.3 Å². The molecule has 0 aliphatic carbocycles. The number of aromatic nitrogens is 1. The van der Waals surface area contributed by atoms with Gasteiger partial charge in [0, 0.05) is 69.9 Å². The predicted molar refractivity (Wildman–Crippen MR) is 157 cm³/mol. The maximum Gasteiger partial charge on any atom is 0.323 e. The van der Waals surface area contributed by atoms with Gasteiger partial charge in [0.2, 0.25) is 0 Å². The fourth-order valence-corrected chi connectivity index (χ4v) is 4.41. The average molecular weight is 532 g/mol. The van der Waals surface area contributed by atoms with Crippen molar-refractivity contribution in [2.24, 2.45) is 0 Å². The number of hydrogen-bond acceptors (Lipinski definition) is 4. The Morgan fingerprint density at radius 1 is 0.919 bits per heavy atom. The summed E-state index contributed by atoms with van der Waals surface area (Å²) in [7, 11) is 0. The molecule has 0 saturated heterocycles. The normalized spacial score (nSPS) is 10.5. The number of carbonyl (C=O) groups excluding carboxylic acids is 1. The Morgan fingerprint density at radius 2 is 1.62 bits per heavy atom.